The standard InChI is InChI=1S/C12H18N2/c1-3-8-14-10(2)9-11-4-6-12(13)7-5-11/h4-7,14H,2-3,8-9,13H2,1H3. The molecule has 0 amide bonds. The number of nitrogen functional groups attached to an aromatic ring is 1. The van der Waals surface area contributed by atoms with Gasteiger partial charge in [-0.1, -0.05) is 25.6 Å². The number of benzene rings is 1. The smallest absolute Gasteiger partial charge is 0.0314 e. The van der Waals surface area contributed by atoms with Crippen LogP contribution in [0.25, 0.3) is 0 Å². The maximum Gasteiger partial charge on any atom is 0.0314 e. The lowest BCUT2D eigenvalue weighted by atomic mass is 10.1. The van der Waals surface area contributed by atoms with Crippen LogP contribution in [0, 0.1) is 0 Å². The first-order valence-corrected chi connectivity index (χ1v) is 4.98. The van der Waals surface area contributed by atoms with E-state index in [-0.39, 0.29) is 0 Å². The lowest BCUT2D eigenvalue weighted by molar-refractivity contribution is 0.752. The van der Waals surface area contributed by atoms with E-state index in [4.69, 9.17) is 5.73 Å². The predicted octanol–water partition coefficient (Wildman–Crippen LogP) is 2.32. The normalized spacial score (nSPS) is 9.79. The molecule has 3 N–H and O–H groups in total. The van der Waals surface area contributed by atoms with Gasteiger partial charge in [-0.05, 0) is 24.1 Å². The molecule has 0 saturated heterocycles. The summed E-state index contributed by atoms with van der Waals surface area (Å²) in [5.74, 6) is 0. The summed E-state index contributed by atoms with van der Waals surface area (Å²) in [5, 5.41) is 3.27. The molecule has 1 aromatic carbocycles. The van der Waals surface area contributed by atoms with E-state index < -0.39 is 0 Å². The highest BCUT2D eigenvalue weighted by atomic mass is 14.9. The highest BCUT2D eigenvalue weighted by Crippen LogP contribution is 2.08. The highest BCUT2D eigenvalue weighted by molar-refractivity contribution is 5.40. The Kier molecular flexibility index (Phi) is 4.05. The molecule has 2 nitrogen and oxygen atoms in total. The van der Waals surface area contributed by atoms with Crippen molar-refractivity contribution in [3.63, 3.8) is 0 Å². The van der Waals surface area contributed by atoms with Crippen LogP contribution in [-0.2, 0) is 6.42 Å². The van der Waals surface area contributed by atoms with E-state index >= 15 is 0 Å². The molecule has 0 aliphatic carbocycles. The minimum Gasteiger partial charge on any atom is -0.399 e. The van der Waals surface area contributed by atoms with E-state index in [2.05, 4.69) is 18.8 Å². The fourth-order valence-electron chi connectivity index (χ4n) is 1.25. The number of anilines is 1. The van der Waals surface area contributed by atoms with Gasteiger partial charge in [0.05, 0.1) is 0 Å². The van der Waals surface area contributed by atoms with Crippen molar-refractivity contribution in [1.29, 1.82) is 0 Å². The SMILES string of the molecule is C=C(Cc1ccc(N)cc1)NCCC. The van der Waals surface area contributed by atoms with Crippen molar-refractivity contribution in [3.8, 4) is 0 Å². The van der Waals surface area contributed by atoms with Gasteiger partial charge in [-0.15, -0.1) is 0 Å². The molecule has 0 aliphatic rings. The molecule has 76 valence electrons. The van der Waals surface area contributed by atoms with Crippen LogP contribution in [0.2, 0.25) is 0 Å². The lowest BCUT2D eigenvalue weighted by Gasteiger charge is -2.08. The van der Waals surface area contributed by atoms with Gasteiger partial charge in [0.15, 0.2) is 0 Å². The molecule has 0 bridgehead atoms. The van der Waals surface area contributed by atoms with Gasteiger partial charge in [-0.25, -0.2) is 0 Å². The van der Waals surface area contributed by atoms with Crippen molar-refractivity contribution in [2.75, 3.05) is 12.3 Å². The molecule has 0 aliphatic heterocycles. The molecular weight excluding hydrogens is 172 g/mol. The first-order chi connectivity index (χ1) is 6.72. The van der Waals surface area contributed by atoms with Crippen LogP contribution in [0.5, 0.6) is 0 Å². The van der Waals surface area contributed by atoms with Crippen molar-refractivity contribution in [2.45, 2.75) is 19.8 Å². The second-order valence-electron chi connectivity index (χ2n) is 3.45. The number of nitrogens with two attached hydrogens (primary N) is 1. The van der Waals surface area contributed by atoms with Gasteiger partial charge >= 0.3 is 0 Å². The number of rotatable bonds is 5. The first kappa shape index (κ1) is 10.6. The van der Waals surface area contributed by atoms with Gasteiger partial charge in [0, 0.05) is 24.4 Å². The molecule has 0 aromatic heterocycles. The molecular formula is C12H18N2. The number of hydrogen-bond donors (Lipinski definition) is 2. The molecule has 14 heavy (non-hydrogen) atoms. The highest BCUT2D eigenvalue weighted by Gasteiger charge is 1.95. The van der Waals surface area contributed by atoms with E-state index in [0.29, 0.717) is 0 Å². The van der Waals surface area contributed by atoms with Crippen LogP contribution in [0.15, 0.2) is 36.5 Å². The number of hydrogen-bond acceptors (Lipinski definition) is 2. The zero-order valence-electron chi connectivity index (χ0n) is 8.72. The van der Waals surface area contributed by atoms with Crippen LogP contribution in [-0.4, -0.2) is 6.54 Å². The van der Waals surface area contributed by atoms with Gasteiger partial charge in [-0.2, -0.15) is 0 Å². The molecule has 0 radical (unpaired) electrons. The third-order valence-electron chi connectivity index (χ3n) is 2.02. The number of nitrogens with one attached hydrogen (secondary N) is 1. The average Bonchev–Trinajstić information content (AvgIpc) is 2.18. The minimum absolute atomic E-state index is 0.806. The molecule has 0 fully saturated rings. The maximum atomic E-state index is 5.60. The summed E-state index contributed by atoms with van der Waals surface area (Å²) in [4.78, 5) is 0. The third-order valence-corrected chi connectivity index (χ3v) is 2.02. The van der Waals surface area contributed by atoms with E-state index in [9.17, 15) is 0 Å². The fourth-order valence-corrected chi connectivity index (χ4v) is 1.25. The van der Waals surface area contributed by atoms with Gasteiger partial charge in [0.2, 0.25) is 0 Å². The predicted molar refractivity (Wildman–Crippen MR) is 62.0 cm³/mol. The van der Waals surface area contributed by atoms with Crippen LogP contribution in [0.4, 0.5) is 5.69 Å². The van der Waals surface area contributed by atoms with Crippen molar-refractivity contribution < 1.29 is 0 Å². The van der Waals surface area contributed by atoms with E-state index in [0.717, 1.165) is 30.8 Å². The monoisotopic (exact) mass is 190 g/mol. The molecule has 0 saturated carbocycles. The van der Waals surface area contributed by atoms with Gasteiger partial charge in [0.1, 0.15) is 0 Å². The van der Waals surface area contributed by atoms with Crippen molar-refractivity contribution in [3.05, 3.63) is 42.1 Å². The van der Waals surface area contributed by atoms with Crippen LogP contribution in [0.3, 0.4) is 0 Å². The lowest BCUT2D eigenvalue weighted by Crippen LogP contribution is -2.14. The fraction of sp³-hybridized carbons (Fsp3) is 0.333. The molecule has 0 heterocycles. The molecule has 0 unspecified atom stereocenters. The Morgan fingerprint density at radius 2 is 2.00 bits per heavy atom. The zero-order valence-corrected chi connectivity index (χ0v) is 8.72. The molecule has 0 atom stereocenters. The largest absolute Gasteiger partial charge is 0.399 e. The zero-order chi connectivity index (χ0) is 10.4. The van der Waals surface area contributed by atoms with Crippen molar-refractivity contribution in [1.82, 2.24) is 5.32 Å². The topological polar surface area (TPSA) is 38.0 Å². The van der Waals surface area contributed by atoms with Crippen molar-refractivity contribution in [2.24, 2.45) is 0 Å². The summed E-state index contributed by atoms with van der Waals surface area (Å²) in [7, 11) is 0. The summed E-state index contributed by atoms with van der Waals surface area (Å²) in [6.07, 6.45) is 2.00. The van der Waals surface area contributed by atoms with E-state index in [1.165, 1.54) is 5.56 Å². The second-order valence-corrected chi connectivity index (χ2v) is 3.45. The Morgan fingerprint density at radius 1 is 1.36 bits per heavy atom. The summed E-state index contributed by atoms with van der Waals surface area (Å²) in [5.41, 5.74) is 8.72. The summed E-state index contributed by atoms with van der Waals surface area (Å²) in [6.45, 7) is 7.10. The quantitative estimate of drug-likeness (QED) is 0.699. The summed E-state index contributed by atoms with van der Waals surface area (Å²) >= 11 is 0. The number of allylic oxidation sites excluding steroid dienone is 1. The molecule has 0 spiro atoms. The Bertz CT molecular complexity index is 288. The van der Waals surface area contributed by atoms with Crippen molar-refractivity contribution >= 4 is 5.69 Å². The Labute approximate surface area is 85.8 Å². The van der Waals surface area contributed by atoms with Crippen LogP contribution < -0.4 is 11.1 Å². The van der Waals surface area contributed by atoms with Crippen LogP contribution >= 0.6 is 0 Å². The Hall–Kier alpha value is -1.44. The maximum absolute atomic E-state index is 5.60. The molecule has 1 aromatic rings. The van der Waals surface area contributed by atoms with Gasteiger partial charge in [-0.3, -0.25) is 0 Å². The Morgan fingerprint density at radius 3 is 2.57 bits per heavy atom. The van der Waals surface area contributed by atoms with Gasteiger partial charge in [0.25, 0.3) is 0 Å². The second kappa shape index (κ2) is 5.32. The Balaban J connectivity index is 2.44. The summed E-state index contributed by atoms with van der Waals surface area (Å²) in [6, 6.07) is 7.91. The molecule has 2 heteroatoms. The third kappa shape index (κ3) is 3.52. The van der Waals surface area contributed by atoms with Crippen LogP contribution in [0.1, 0.15) is 18.9 Å². The van der Waals surface area contributed by atoms with E-state index in [1.54, 1.807) is 0 Å². The minimum atomic E-state index is 0.806. The first-order valence-electron chi connectivity index (χ1n) is 4.98. The van der Waals surface area contributed by atoms with Gasteiger partial charge < -0.3 is 11.1 Å². The van der Waals surface area contributed by atoms with E-state index in [1.807, 2.05) is 24.3 Å². The average molecular weight is 190 g/mol. The summed E-state index contributed by atoms with van der Waals surface area (Å²) < 4.78 is 0. The molecule has 1 rings (SSSR count).